The number of rotatable bonds is 4. The van der Waals surface area contributed by atoms with E-state index in [1.54, 1.807) is 0 Å². The quantitative estimate of drug-likeness (QED) is 0.776. The van der Waals surface area contributed by atoms with Crippen molar-refractivity contribution in [1.29, 1.82) is 0 Å². The van der Waals surface area contributed by atoms with Crippen LogP contribution < -0.4 is 5.73 Å². The molecule has 0 aromatic carbocycles. The fourth-order valence-corrected chi connectivity index (χ4v) is 3.44. The van der Waals surface area contributed by atoms with Gasteiger partial charge in [-0.2, -0.15) is 0 Å². The van der Waals surface area contributed by atoms with Crippen molar-refractivity contribution in [3.05, 3.63) is 0 Å². The normalized spacial score (nSPS) is 32.6. The number of hydrogen-bond donors (Lipinski definition) is 1. The summed E-state index contributed by atoms with van der Waals surface area (Å²) in [5.41, 5.74) is 6.37. The third-order valence-corrected chi connectivity index (χ3v) is 4.02. The molecule has 0 saturated heterocycles. The zero-order chi connectivity index (χ0) is 11.5. The van der Waals surface area contributed by atoms with Gasteiger partial charge in [0.1, 0.15) is 0 Å². The standard InChI is InChI=1S/C13H28N2/c1-5-15(11(2)3)13(10-14)8-6-7-12(4)9-13/h11-12H,5-10,14H2,1-4H3. The Kier molecular flexibility index (Phi) is 4.60. The monoisotopic (exact) mass is 212 g/mol. The highest BCUT2D eigenvalue weighted by atomic mass is 15.2. The maximum atomic E-state index is 6.07. The molecule has 2 atom stereocenters. The molecular weight excluding hydrogens is 184 g/mol. The number of nitrogens with two attached hydrogens (primary N) is 1. The van der Waals surface area contributed by atoms with E-state index in [0.717, 1.165) is 19.0 Å². The third-order valence-electron chi connectivity index (χ3n) is 4.02. The number of likely N-dealkylation sites (N-methyl/N-ethyl adjacent to an activating group) is 1. The summed E-state index contributed by atoms with van der Waals surface area (Å²) in [6.45, 7) is 11.2. The lowest BCUT2D eigenvalue weighted by Gasteiger charge is -2.49. The van der Waals surface area contributed by atoms with Gasteiger partial charge in [-0.3, -0.25) is 4.90 Å². The smallest absolute Gasteiger partial charge is 0.0336 e. The van der Waals surface area contributed by atoms with Crippen LogP contribution in [0.2, 0.25) is 0 Å². The molecule has 0 spiro atoms. The van der Waals surface area contributed by atoms with Gasteiger partial charge in [-0.05, 0) is 39.2 Å². The summed E-state index contributed by atoms with van der Waals surface area (Å²) in [5.74, 6) is 0.843. The van der Waals surface area contributed by atoms with Crippen LogP contribution in [0.4, 0.5) is 0 Å². The lowest BCUT2D eigenvalue weighted by Crippen LogP contribution is -2.58. The molecule has 1 fully saturated rings. The summed E-state index contributed by atoms with van der Waals surface area (Å²) in [4.78, 5) is 2.61. The van der Waals surface area contributed by atoms with Crippen molar-refractivity contribution in [2.24, 2.45) is 11.7 Å². The molecule has 0 amide bonds. The van der Waals surface area contributed by atoms with Crippen LogP contribution in [0.15, 0.2) is 0 Å². The van der Waals surface area contributed by atoms with Crippen molar-refractivity contribution in [3.63, 3.8) is 0 Å². The summed E-state index contributed by atoms with van der Waals surface area (Å²) < 4.78 is 0. The molecule has 2 unspecified atom stereocenters. The van der Waals surface area contributed by atoms with Gasteiger partial charge in [0, 0.05) is 18.1 Å². The second kappa shape index (κ2) is 5.31. The van der Waals surface area contributed by atoms with Crippen LogP contribution in [-0.4, -0.2) is 29.6 Å². The van der Waals surface area contributed by atoms with Crippen molar-refractivity contribution in [3.8, 4) is 0 Å². The predicted molar refractivity (Wildman–Crippen MR) is 66.9 cm³/mol. The molecule has 0 aliphatic heterocycles. The molecule has 0 radical (unpaired) electrons. The second-order valence-corrected chi connectivity index (χ2v) is 5.51. The van der Waals surface area contributed by atoms with Crippen molar-refractivity contribution < 1.29 is 0 Å². The van der Waals surface area contributed by atoms with E-state index >= 15 is 0 Å². The van der Waals surface area contributed by atoms with E-state index in [-0.39, 0.29) is 0 Å². The highest BCUT2D eigenvalue weighted by Crippen LogP contribution is 2.37. The van der Waals surface area contributed by atoms with E-state index in [0.29, 0.717) is 11.6 Å². The molecule has 0 aromatic rings. The van der Waals surface area contributed by atoms with Gasteiger partial charge < -0.3 is 5.73 Å². The molecule has 1 aliphatic rings. The van der Waals surface area contributed by atoms with Crippen LogP contribution in [0.25, 0.3) is 0 Å². The van der Waals surface area contributed by atoms with E-state index in [4.69, 9.17) is 5.73 Å². The molecule has 15 heavy (non-hydrogen) atoms. The lowest BCUT2D eigenvalue weighted by molar-refractivity contribution is 0.0194. The minimum atomic E-state index is 0.292. The van der Waals surface area contributed by atoms with Gasteiger partial charge in [0.05, 0.1) is 0 Å². The summed E-state index contributed by atoms with van der Waals surface area (Å²) >= 11 is 0. The number of nitrogens with zero attached hydrogens (tertiary/aromatic N) is 1. The van der Waals surface area contributed by atoms with E-state index in [1.165, 1.54) is 25.7 Å². The maximum absolute atomic E-state index is 6.07. The summed E-state index contributed by atoms with van der Waals surface area (Å²) in [6.07, 6.45) is 5.31. The molecular formula is C13H28N2. The molecule has 1 rings (SSSR count). The van der Waals surface area contributed by atoms with Gasteiger partial charge >= 0.3 is 0 Å². The van der Waals surface area contributed by atoms with E-state index in [9.17, 15) is 0 Å². The van der Waals surface area contributed by atoms with Crippen LogP contribution in [0.1, 0.15) is 53.4 Å². The van der Waals surface area contributed by atoms with E-state index < -0.39 is 0 Å². The van der Waals surface area contributed by atoms with Gasteiger partial charge in [-0.15, -0.1) is 0 Å². The fraction of sp³-hybridized carbons (Fsp3) is 1.00. The molecule has 2 nitrogen and oxygen atoms in total. The van der Waals surface area contributed by atoms with Crippen LogP contribution in [0, 0.1) is 5.92 Å². The third kappa shape index (κ3) is 2.73. The first-order chi connectivity index (χ1) is 7.05. The van der Waals surface area contributed by atoms with Gasteiger partial charge in [0.2, 0.25) is 0 Å². The molecule has 0 bridgehead atoms. The first-order valence-corrected chi connectivity index (χ1v) is 6.52. The Labute approximate surface area is 95.2 Å². The minimum absolute atomic E-state index is 0.292. The van der Waals surface area contributed by atoms with Crippen LogP contribution in [-0.2, 0) is 0 Å². The Morgan fingerprint density at radius 3 is 2.53 bits per heavy atom. The van der Waals surface area contributed by atoms with Gasteiger partial charge in [0.25, 0.3) is 0 Å². The van der Waals surface area contributed by atoms with Gasteiger partial charge in [-0.25, -0.2) is 0 Å². The topological polar surface area (TPSA) is 29.3 Å². The SMILES string of the molecule is CCN(C(C)C)C1(CN)CCCC(C)C1. The minimum Gasteiger partial charge on any atom is -0.329 e. The molecule has 0 aromatic heterocycles. The Bertz CT molecular complexity index is 191. The van der Waals surface area contributed by atoms with Gasteiger partial charge in [-0.1, -0.05) is 26.7 Å². The Morgan fingerprint density at radius 2 is 2.13 bits per heavy atom. The highest BCUT2D eigenvalue weighted by molar-refractivity contribution is 4.96. The summed E-state index contributed by atoms with van der Waals surface area (Å²) in [6, 6.07) is 0.615. The average molecular weight is 212 g/mol. The predicted octanol–water partition coefficient (Wildman–Crippen LogP) is 2.62. The zero-order valence-corrected chi connectivity index (χ0v) is 10.9. The molecule has 1 aliphatic carbocycles. The van der Waals surface area contributed by atoms with Crippen molar-refractivity contribution >= 4 is 0 Å². The average Bonchev–Trinajstić information content (AvgIpc) is 2.18. The molecule has 0 heterocycles. The first-order valence-electron chi connectivity index (χ1n) is 6.52. The maximum Gasteiger partial charge on any atom is 0.0336 e. The summed E-state index contributed by atoms with van der Waals surface area (Å²) in [5, 5.41) is 0. The van der Waals surface area contributed by atoms with Crippen LogP contribution >= 0.6 is 0 Å². The van der Waals surface area contributed by atoms with E-state index in [1.807, 2.05) is 0 Å². The van der Waals surface area contributed by atoms with Crippen LogP contribution in [0.3, 0.4) is 0 Å². The van der Waals surface area contributed by atoms with Crippen molar-refractivity contribution in [2.45, 2.75) is 65.0 Å². The highest BCUT2D eigenvalue weighted by Gasteiger charge is 2.39. The molecule has 90 valence electrons. The molecule has 2 N–H and O–H groups in total. The zero-order valence-electron chi connectivity index (χ0n) is 10.9. The first kappa shape index (κ1) is 13.0. The van der Waals surface area contributed by atoms with Crippen molar-refractivity contribution in [2.75, 3.05) is 13.1 Å². The summed E-state index contributed by atoms with van der Waals surface area (Å²) in [7, 11) is 0. The molecule has 1 saturated carbocycles. The largest absolute Gasteiger partial charge is 0.329 e. The second-order valence-electron chi connectivity index (χ2n) is 5.51. The van der Waals surface area contributed by atoms with Gasteiger partial charge in [0.15, 0.2) is 0 Å². The Morgan fingerprint density at radius 1 is 1.47 bits per heavy atom. The van der Waals surface area contributed by atoms with E-state index in [2.05, 4.69) is 32.6 Å². The lowest BCUT2D eigenvalue weighted by atomic mass is 9.74. The Hall–Kier alpha value is -0.0800. The van der Waals surface area contributed by atoms with Crippen LogP contribution in [0.5, 0.6) is 0 Å². The molecule has 2 heteroatoms. The number of hydrogen-bond acceptors (Lipinski definition) is 2. The fourth-order valence-electron chi connectivity index (χ4n) is 3.44. The Balaban J connectivity index is 2.81. The van der Waals surface area contributed by atoms with Crippen molar-refractivity contribution in [1.82, 2.24) is 4.90 Å².